The molecular formula is C30H25NS. The van der Waals surface area contributed by atoms with Crippen molar-refractivity contribution in [2.24, 2.45) is 0 Å². The van der Waals surface area contributed by atoms with E-state index in [0.29, 0.717) is 0 Å². The highest BCUT2D eigenvalue weighted by atomic mass is 32.2. The summed E-state index contributed by atoms with van der Waals surface area (Å²) in [5.41, 5.74) is 5.91. The standard InChI is InChI=1S/C30H25NS/c1-4-10-26(11-5-1)31(27-12-6-2-7-13-27)28-20-16-24(17-21-28)25-18-22-30(23-19-25)32-29-14-8-3-9-15-29/h1-2,4-8,10-23H,3,9H2. The largest absolute Gasteiger partial charge is 0.311 e. The monoisotopic (exact) mass is 431 g/mol. The first-order chi connectivity index (χ1) is 15.9. The van der Waals surface area contributed by atoms with Crippen molar-refractivity contribution in [1.82, 2.24) is 0 Å². The maximum atomic E-state index is 2.32. The highest BCUT2D eigenvalue weighted by Gasteiger charge is 2.12. The highest BCUT2D eigenvalue weighted by molar-refractivity contribution is 8.03. The van der Waals surface area contributed by atoms with Crippen LogP contribution < -0.4 is 4.90 Å². The number of allylic oxidation sites excluding steroid dienone is 3. The van der Waals surface area contributed by atoms with Gasteiger partial charge < -0.3 is 4.90 Å². The van der Waals surface area contributed by atoms with Crippen molar-refractivity contribution in [3.8, 4) is 11.1 Å². The smallest absolute Gasteiger partial charge is 0.0462 e. The molecule has 0 aliphatic heterocycles. The summed E-state index contributed by atoms with van der Waals surface area (Å²) < 4.78 is 0. The molecule has 0 unspecified atom stereocenters. The van der Waals surface area contributed by atoms with Crippen molar-refractivity contribution in [2.75, 3.05) is 4.90 Å². The molecule has 1 nitrogen and oxygen atoms in total. The summed E-state index contributed by atoms with van der Waals surface area (Å²) in [5, 5.41) is 0. The fourth-order valence-corrected chi connectivity index (χ4v) is 4.83. The number of nitrogens with zero attached hydrogens (tertiary/aromatic N) is 1. The Morgan fingerprint density at radius 2 is 1.06 bits per heavy atom. The molecule has 0 N–H and O–H groups in total. The molecule has 0 saturated carbocycles. The van der Waals surface area contributed by atoms with Gasteiger partial charge in [-0.2, -0.15) is 0 Å². The van der Waals surface area contributed by atoms with E-state index < -0.39 is 0 Å². The third-order valence-electron chi connectivity index (χ3n) is 5.54. The molecule has 0 saturated heterocycles. The highest BCUT2D eigenvalue weighted by Crippen LogP contribution is 2.36. The Labute approximate surface area is 194 Å². The molecule has 2 heteroatoms. The minimum Gasteiger partial charge on any atom is -0.311 e. The van der Waals surface area contributed by atoms with Crippen LogP contribution in [0.4, 0.5) is 17.1 Å². The van der Waals surface area contributed by atoms with Gasteiger partial charge in [0, 0.05) is 26.9 Å². The second kappa shape index (κ2) is 9.76. The summed E-state index contributed by atoms with van der Waals surface area (Å²) >= 11 is 1.84. The van der Waals surface area contributed by atoms with Gasteiger partial charge in [-0.25, -0.2) is 0 Å². The lowest BCUT2D eigenvalue weighted by Crippen LogP contribution is -2.09. The van der Waals surface area contributed by atoms with Crippen LogP contribution in [0.3, 0.4) is 0 Å². The predicted octanol–water partition coefficient (Wildman–Crippen LogP) is 9.15. The van der Waals surface area contributed by atoms with Gasteiger partial charge in [0.25, 0.3) is 0 Å². The van der Waals surface area contributed by atoms with Crippen LogP contribution in [0.15, 0.2) is 137 Å². The number of thioether (sulfide) groups is 1. The fourth-order valence-electron chi connectivity index (χ4n) is 3.92. The van der Waals surface area contributed by atoms with Crippen molar-refractivity contribution >= 4 is 28.8 Å². The second-order valence-corrected chi connectivity index (χ2v) is 8.91. The number of rotatable bonds is 6. The molecule has 0 amide bonds. The lowest BCUT2D eigenvalue weighted by molar-refractivity contribution is 1.03. The van der Waals surface area contributed by atoms with E-state index in [1.165, 1.54) is 20.9 Å². The Morgan fingerprint density at radius 1 is 0.531 bits per heavy atom. The Balaban J connectivity index is 1.39. The molecule has 0 fully saturated rings. The zero-order valence-corrected chi connectivity index (χ0v) is 18.7. The van der Waals surface area contributed by atoms with Gasteiger partial charge in [0.2, 0.25) is 0 Å². The lowest BCUT2D eigenvalue weighted by Gasteiger charge is -2.25. The van der Waals surface area contributed by atoms with Gasteiger partial charge in [-0.05, 0) is 72.5 Å². The SMILES string of the molecule is C1=CC(Sc2ccc(-c3ccc(N(c4ccccc4)c4ccccc4)cc3)cc2)=CCC1. The molecule has 0 radical (unpaired) electrons. The summed E-state index contributed by atoms with van der Waals surface area (Å²) in [5.74, 6) is 0. The first-order valence-corrected chi connectivity index (χ1v) is 11.8. The molecule has 4 aromatic carbocycles. The molecule has 1 aliphatic carbocycles. The normalized spacial score (nSPS) is 12.9. The van der Waals surface area contributed by atoms with Gasteiger partial charge in [0.05, 0.1) is 0 Å². The third kappa shape index (κ3) is 4.71. The number of para-hydroxylation sites is 2. The summed E-state index contributed by atoms with van der Waals surface area (Å²) in [6, 6.07) is 38.7. The third-order valence-corrected chi connectivity index (χ3v) is 6.58. The van der Waals surface area contributed by atoms with E-state index in [9.17, 15) is 0 Å². The van der Waals surface area contributed by atoms with E-state index in [0.717, 1.165) is 29.9 Å². The van der Waals surface area contributed by atoms with Gasteiger partial charge in [0.15, 0.2) is 0 Å². The number of hydrogen-bond donors (Lipinski definition) is 0. The summed E-state index contributed by atoms with van der Waals surface area (Å²) in [6.45, 7) is 0. The number of hydrogen-bond acceptors (Lipinski definition) is 2. The Bertz CT molecular complexity index is 1170. The molecule has 32 heavy (non-hydrogen) atoms. The Morgan fingerprint density at radius 3 is 1.59 bits per heavy atom. The summed E-state index contributed by atoms with van der Waals surface area (Å²) in [4.78, 5) is 4.91. The molecule has 0 atom stereocenters. The van der Waals surface area contributed by atoms with Crippen molar-refractivity contribution in [2.45, 2.75) is 17.7 Å². The van der Waals surface area contributed by atoms with Crippen LogP contribution in [-0.2, 0) is 0 Å². The average Bonchev–Trinajstić information content (AvgIpc) is 2.87. The van der Waals surface area contributed by atoms with Crippen LogP contribution in [0, 0.1) is 0 Å². The molecule has 5 rings (SSSR count). The van der Waals surface area contributed by atoms with Crippen molar-refractivity contribution in [3.05, 3.63) is 132 Å². The van der Waals surface area contributed by atoms with E-state index >= 15 is 0 Å². The zero-order valence-electron chi connectivity index (χ0n) is 17.9. The van der Waals surface area contributed by atoms with Crippen molar-refractivity contribution in [3.63, 3.8) is 0 Å². The predicted molar refractivity (Wildman–Crippen MR) is 139 cm³/mol. The maximum absolute atomic E-state index is 2.32. The molecule has 1 aliphatic rings. The van der Waals surface area contributed by atoms with Crippen molar-refractivity contribution in [1.29, 1.82) is 0 Å². The molecule has 4 aromatic rings. The number of anilines is 3. The van der Waals surface area contributed by atoms with Crippen LogP contribution >= 0.6 is 11.8 Å². The molecular weight excluding hydrogens is 406 g/mol. The molecule has 0 heterocycles. The average molecular weight is 432 g/mol. The molecule has 0 aromatic heterocycles. The Hall–Kier alpha value is -3.49. The number of benzene rings is 4. The minimum absolute atomic E-state index is 1.15. The first-order valence-electron chi connectivity index (χ1n) is 11.0. The van der Waals surface area contributed by atoms with Crippen LogP contribution in [0.2, 0.25) is 0 Å². The maximum Gasteiger partial charge on any atom is 0.0462 e. The van der Waals surface area contributed by atoms with E-state index in [1.54, 1.807) is 0 Å². The fraction of sp³-hybridized carbons (Fsp3) is 0.0667. The summed E-state index contributed by atoms with van der Waals surface area (Å²) in [6.07, 6.45) is 9.11. The minimum atomic E-state index is 1.15. The second-order valence-electron chi connectivity index (χ2n) is 7.77. The first kappa shape index (κ1) is 20.4. The van der Waals surface area contributed by atoms with E-state index in [2.05, 4.69) is 132 Å². The topological polar surface area (TPSA) is 3.24 Å². The van der Waals surface area contributed by atoms with Crippen LogP contribution in [-0.4, -0.2) is 0 Å². The molecule has 0 spiro atoms. The van der Waals surface area contributed by atoms with Crippen LogP contribution in [0.1, 0.15) is 12.8 Å². The Kier molecular flexibility index (Phi) is 6.23. The van der Waals surface area contributed by atoms with E-state index in [-0.39, 0.29) is 0 Å². The quantitative estimate of drug-likeness (QED) is 0.299. The van der Waals surface area contributed by atoms with Crippen LogP contribution in [0.5, 0.6) is 0 Å². The van der Waals surface area contributed by atoms with E-state index in [4.69, 9.17) is 0 Å². The van der Waals surface area contributed by atoms with Gasteiger partial charge in [-0.3, -0.25) is 0 Å². The van der Waals surface area contributed by atoms with Crippen LogP contribution in [0.25, 0.3) is 11.1 Å². The lowest BCUT2D eigenvalue weighted by atomic mass is 10.0. The van der Waals surface area contributed by atoms with Gasteiger partial charge in [-0.15, -0.1) is 0 Å². The van der Waals surface area contributed by atoms with Gasteiger partial charge in [-0.1, -0.05) is 90.7 Å². The zero-order chi connectivity index (χ0) is 21.6. The van der Waals surface area contributed by atoms with Crippen molar-refractivity contribution < 1.29 is 0 Å². The van der Waals surface area contributed by atoms with Gasteiger partial charge >= 0.3 is 0 Å². The molecule has 156 valence electrons. The van der Waals surface area contributed by atoms with E-state index in [1.807, 2.05) is 11.8 Å². The van der Waals surface area contributed by atoms with Gasteiger partial charge in [0.1, 0.15) is 0 Å². The molecule has 0 bridgehead atoms. The summed E-state index contributed by atoms with van der Waals surface area (Å²) in [7, 11) is 0.